The average Bonchev–Trinajstić information content (AvgIpc) is 3.25. The van der Waals surface area contributed by atoms with Crippen LogP contribution in [-0.4, -0.2) is 62.8 Å². The van der Waals surface area contributed by atoms with E-state index < -0.39 is 10.8 Å². The summed E-state index contributed by atoms with van der Waals surface area (Å²) in [4.78, 5) is 41.7. The van der Waals surface area contributed by atoms with Gasteiger partial charge in [0.2, 0.25) is 0 Å². The molecule has 0 aromatic rings. The first-order valence-corrected chi connectivity index (χ1v) is 27.9. The van der Waals surface area contributed by atoms with Gasteiger partial charge in [-0.05, 0) is 131 Å². The Bertz CT molecular complexity index is 990. The van der Waals surface area contributed by atoms with E-state index in [2.05, 4.69) is 32.6 Å². The van der Waals surface area contributed by atoms with Crippen LogP contribution in [0.15, 0.2) is 0 Å². The molecule has 0 saturated carbocycles. The zero-order chi connectivity index (χ0) is 47.7. The molecule has 0 heterocycles. The van der Waals surface area contributed by atoms with Crippen molar-refractivity contribution in [2.45, 2.75) is 293 Å². The number of unbranched alkanes of at least 4 members (excludes halogenated alkanes) is 20. The first-order valence-electron chi connectivity index (χ1n) is 27.9. The van der Waals surface area contributed by atoms with Gasteiger partial charge in [-0.3, -0.25) is 14.4 Å². The summed E-state index contributed by atoms with van der Waals surface area (Å²) in [5, 5.41) is 0. The zero-order valence-corrected chi connectivity index (χ0v) is 44.7. The largest absolute Gasteiger partial charge is 0.465 e. The van der Waals surface area contributed by atoms with Crippen LogP contribution in [0.1, 0.15) is 287 Å². The van der Waals surface area contributed by atoms with Gasteiger partial charge in [0.1, 0.15) is 6.10 Å². The van der Waals surface area contributed by atoms with Crippen molar-refractivity contribution in [1.29, 1.82) is 0 Å². The van der Waals surface area contributed by atoms with E-state index in [0.717, 1.165) is 77.2 Å². The van der Waals surface area contributed by atoms with Crippen LogP contribution >= 0.6 is 0 Å². The van der Waals surface area contributed by atoms with Crippen molar-refractivity contribution >= 4 is 17.9 Å². The van der Waals surface area contributed by atoms with Crippen molar-refractivity contribution in [1.82, 2.24) is 4.90 Å². The zero-order valence-electron chi connectivity index (χ0n) is 44.7. The van der Waals surface area contributed by atoms with Crippen LogP contribution in [0.4, 0.5) is 0 Å². The number of esters is 3. The summed E-state index contributed by atoms with van der Waals surface area (Å²) >= 11 is 0. The maximum atomic E-state index is 13.4. The third-order valence-corrected chi connectivity index (χ3v) is 13.8. The molecule has 0 N–H and O–H groups in total. The number of carbonyl (C=O) groups is 3. The van der Waals surface area contributed by atoms with Gasteiger partial charge in [-0.25, -0.2) is 0 Å². The summed E-state index contributed by atoms with van der Waals surface area (Å²) in [7, 11) is 4.06. The summed E-state index contributed by atoms with van der Waals surface area (Å²) in [5.74, 6) is 0.739. The third-order valence-electron chi connectivity index (χ3n) is 13.8. The number of rotatable bonds is 47. The molecule has 64 heavy (non-hydrogen) atoms. The molecule has 0 aromatic carbocycles. The van der Waals surface area contributed by atoms with Gasteiger partial charge in [-0.1, -0.05) is 182 Å². The van der Waals surface area contributed by atoms with E-state index in [1.54, 1.807) is 0 Å². The molecule has 0 aliphatic carbocycles. The highest BCUT2D eigenvalue weighted by molar-refractivity contribution is 5.76. The molecule has 7 nitrogen and oxygen atoms in total. The Kier molecular flexibility index (Phi) is 40.5. The van der Waals surface area contributed by atoms with Crippen molar-refractivity contribution < 1.29 is 28.6 Å². The second-order valence-corrected chi connectivity index (χ2v) is 21.7. The second kappa shape index (κ2) is 41.5. The highest BCUT2D eigenvalue weighted by Gasteiger charge is 2.31. The first kappa shape index (κ1) is 62.4. The predicted octanol–water partition coefficient (Wildman–Crippen LogP) is 17.0. The number of hydrogen-bond acceptors (Lipinski definition) is 7. The number of carbonyl (C=O) groups excluding carboxylic acids is 3. The summed E-state index contributed by atoms with van der Waals surface area (Å²) in [6.07, 6.45) is 40.6. The lowest BCUT2D eigenvalue weighted by Crippen LogP contribution is -2.28. The lowest BCUT2D eigenvalue weighted by Gasteiger charge is -2.25. The molecule has 0 unspecified atom stereocenters. The molecular weight excluding hydrogens is 795 g/mol. The highest BCUT2D eigenvalue weighted by atomic mass is 16.5. The van der Waals surface area contributed by atoms with Crippen molar-refractivity contribution in [2.75, 3.05) is 33.9 Å². The van der Waals surface area contributed by atoms with Crippen LogP contribution in [0.2, 0.25) is 0 Å². The van der Waals surface area contributed by atoms with Gasteiger partial charge in [0, 0.05) is 6.42 Å². The van der Waals surface area contributed by atoms with E-state index in [0.29, 0.717) is 31.5 Å². The quantitative estimate of drug-likeness (QED) is 0.0342. The molecule has 0 bridgehead atoms. The number of hydrogen-bond donors (Lipinski definition) is 0. The molecule has 0 aliphatic rings. The lowest BCUT2D eigenvalue weighted by atomic mass is 9.86. The lowest BCUT2D eigenvalue weighted by molar-refractivity contribution is -0.156. The van der Waals surface area contributed by atoms with Gasteiger partial charge in [0.05, 0.1) is 24.0 Å². The Morgan fingerprint density at radius 1 is 0.422 bits per heavy atom. The van der Waals surface area contributed by atoms with Crippen molar-refractivity contribution in [3.05, 3.63) is 0 Å². The van der Waals surface area contributed by atoms with Gasteiger partial charge in [-0.15, -0.1) is 0 Å². The molecule has 0 aliphatic heterocycles. The van der Waals surface area contributed by atoms with E-state index >= 15 is 0 Å². The number of ether oxygens (including phenoxy) is 3. The predicted molar refractivity (Wildman–Crippen MR) is 274 cm³/mol. The fourth-order valence-corrected chi connectivity index (χ4v) is 9.03. The van der Waals surface area contributed by atoms with Gasteiger partial charge < -0.3 is 19.1 Å². The Balaban J connectivity index is 5.02. The molecule has 0 atom stereocenters. The average molecular weight is 907 g/mol. The molecule has 0 spiro atoms. The molecule has 380 valence electrons. The maximum absolute atomic E-state index is 13.4. The van der Waals surface area contributed by atoms with Crippen LogP contribution in [0.3, 0.4) is 0 Å². The number of nitrogens with zero attached hydrogens (tertiary/aromatic N) is 1. The van der Waals surface area contributed by atoms with Gasteiger partial charge in [-0.2, -0.15) is 0 Å². The van der Waals surface area contributed by atoms with E-state index in [1.807, 2.05) is 41.8 Å². The summed E-state index contributed by atoms with van der Waals surface area (Å²) in [6.45, 7) is 19.2. The van der Waals surface area contributed by atoms with Crippen LogP contribution in [0, 0.1) is 22.7 Å². The molecule has 0 fully saturated rings. The summed E-state index contributed by atoms with van der Waals surface area (Å²) < 4.78 is 18.2. The standard InChI is InChI=1S/C57H111NO6/c1-11-15-19-23-29-38-50(39-30-24-20-16-12-2)48-62-54(60)56(5,6)45-35-27-33-42-52(64-53(59)44-37-47-58(9)10)43-34-28-36-46-57(7,8)55(61)63-49-51(40-31-25-21-17-13-3)41-32-26-22-18-14-4/h50-52H,11-49H2,1-10H3. The van der Waals surface area contributed by atoms with Gasteiger partial charge in [0.15, 0.2) is 0 Å². The Labute approximate surface area is 399 Å². The minimum Gasteiger partial charge on any atom is -0.465 e. The molecule has 0 rings (SSSR count). The summed E-state index contributed by atoms with van der Waals surface area (Å²) in [6, 6.07) is 0. The van der Waals surface area contributed by atoms with E-state index in [4.69, 9.17) is 14.2 Å². The first-order chi connectivity index (χ1) is 30.7. The van der Waals surface area contributed by atoms with E-state index in [-0.39, 0.29) is 24.0 Å². The molecule has 0 radical (unpaired) electrons. The fourth-order valence-electron chi connectivity index (χ4n) is 9.03. The van der Waals surface area contributed by atoms with Crippen molar-refractivity contribution in [2.24, 2.45) is 22.7 Å². The van der Waals surface area contributed by atoms with E-state index in [1.165, 1.54) is 154 Å². The topological polar surface area (TPSA) is 82.1 Å². The molecule has 7 heteroatoms. The minimum absolute atomic E-state index is 0.0547. The molecule has 0 saturated heterocycles. The normalized spacial score (nSPS) is 12.3. The smallest absolute Gasteiger partial charge is 0.311 e. The minimum atomic E-state index is -0.505. The second-order valence-electron chi connectivity index (χ2n) is 21.7. The highest BCUT2D eigenvalue weighted by Crippen LogP contribution is 2.30. The molecule has 0 aromatic heterocycles. The molecule has 0 amide bonds. The van der Waals surface area contributed by atoms with Gasteiger partial charge in [0.25, 0.3) is 0 Å². The van der Waals surface area contributed by atoms with Crippen molar-refractivity contribution in [3.63, 3.8) is 0 Å². The van der Waals surface area contributed by atoms with Crippen LogP contribution < -0.4 is 0 Å². The monoisotopic (exact) mass is 906 g/mol. The molecular formula is C57H111NO6. The van der Waals surface area contributed by atoms with Crippen LogP contribution in [0.25, 0.3) is 0 Å². The fraction of sp³-hybridized carbons (Fsp3) is 0.947. The van der Waals surface area contributed by atoms with Crippen LogP contribution in [-0.2, 0) is 28.6 Å². The Hall–Kier alpha value is -1.63. The Morgan fingerprint density at radius 3 is 1.06 bits per heavy atom. The SMILES string of the molecule is CCCCCCCC(CCCCCCC)COC(=O)C(C)(C)CCCCCC(CCCCCC(C)(C)C(=O)OCC(CCCCCCC)CCCCCCC)OC(=O)CCCN(C)C. The van der Waals surface area contributed by atoms with Crippen molar-refractivity contribution in [3.8, 4) is 0 Å². The maximum Gasteiger partial charge on any atom is 0.311 e. The van der Waals surface area contributed by atoms with E-state index in [9.17, 15) is 14.4 Å². The van der Waals surface area contributed by atoms with Crippen LogP contribution in [0.5, 0.6) is 0 Å². The third kappa shape index (κ3) is 36.5. The Morgan fingerprint density at radius 2 is 0.734 bits per heavy atom. The van der Waals surface area contributed by atoms with Gasteiger partial charge >= 0.3 is 17.9 Å². The summed E-state index contributed by atoms with van der Waals surface area (Å²) in [5.41, 5.74) is -1.01.